The number of hydrogen-bond donors (Lipinski definition) is 2. The summed E-state index contributed by atoms with van der Waals surface area (Å²) < 4.78 is 0. The molecule has 2 aromatic heterocycles. The molecule has 0 saturated carbocycles. The zero-order valence-electron chi connectivity index (χ0n) is 28.4. The third kappa shape index (κ3) is 6.38. The fraction of sp³-hybridized carbons (Fsp3) is 0.250. The van der Waals surface area contributed by atoms with Crippen molar-refractivity contribution in [3.8, 4) is 0 Å². The fourth-order valence-corrected chi connectivity index (χ4v) is 7.33. The van der Waals surface area contributed by atoms with Gasteiger partial charge in [-0.3, -0.25) is 9.97 Å². The van der Waals surface area contributed by atoms with Gasteiger partial charge in [0.25, 0.3) is 0 Å². The predicted molar refractivity (Wildman–Crippen MR) is 208 cm³/mol. The number of guanidine groups is 2. The minimum Gasteiger partial charge on any atom is -0.371 e. The number of pyridine rings is 2. The molecule has 2 saturated heterocycles. The molecule has 51 heavy (non-hydrogen) atoms. The minimum absolute atomic E-state index is 0.535. The van der Waals surface area contributed by atoms with Crippen LogP contribution in [-0.4, -0.2) is 65.0 Å². The van der Waals surface area contributed by atoms with Crippen LogP contribution in [0, 0.1) is 0 Å². The fourth-order valence-electron chi connectivity index (χ4n) is 7.33. The van der Waals surface area contributed by atoms with Crippen LogP contribution in [0.4, 0.5) is 34.1 Å². The smallest absolute Gasteiger partial charge is 0.239 e. The molecule has 2 fully saturated rings. The van der Waals surface area contributed by atoms with E-state index in [4.69, 9.17) is 9.98 Å². The van der Waals surface area contributed by atoms with Gasteiger partial charge >= 0.3 is 0 Å². The maximum absolute atomic E-state index is 5.06. The zero-order chi connectivity index (χ0) is 34.0. The molecule has 0 aliphatic carbocycles. The van der Waals surface area contributed by atoms with Gasteiger partial charge in [0, 0.05) is 61.1 Å². The van der Waals surface area contributed by atoms with Gasteiger partial charge in [0.1, 0.15) is 6.34 Å². The molecule has 254 valence electrons. The van der Waals surface area contributed by atoms with Gasteiger partial charge in [-0.1, -0.05) is 0 Å². The topological polar surface area (TPSA) is 109 Å². The Labute approximate surface area is 297 Å². The first-order valence-corrected chi connectivity index (χ1v) is 17.9. The van der Waals surface area contributed by atoms with E-state index < -0.39 is 0 Å². The number of aliphatic imine (C=N–C) groups is 4. The van der Waals surface area contributed by atoms with Crippen LogP contribution in [0.25, 0.3) is 5.70 Å². The number of benzene rings is 2. The normalized spacial score (nSPS) is 18.2. The Morgan fingerprint density at radius 1 is 0.588 bits per heavy atom. The maximum Gasteiger partial charge on any atom is 0.239 e. The van der Waals surface area contributed by atoms with Gasteiger partial charge in [-0.2, -0.15) is 0 Å². The molecule has 5 aliphatic rings. The van der Waals surface area contributed by atoms with Crippen LogP contribution in [0.3, 0.4) is 0 Å². The summed E-state index contributed by atoms with van der Waals surface area (Å²) in [4.78, 5) is 34.9. The predicted octanol–water partition coefficient (Wildman–Crippen LogP) is 7.74. The van der Waals surface area contributed by atoms with E-state index in [0.29, 0.717) is 11.9 Å². The number of aromatic nitrogens is 2. The lowest BCUT2D eigenvalue weighted by molar-refractivity contribution is 0.578. The summed E-state index contributed by atoms with van der Waals surface area (Å²) >= 11 is 0. The molecule has 2 N–H and O–H groups in total. The van der Waals surface area contributed by atoms with E-state index in [2.05, 4.69) is 88.9 Å². The zero-order valence-corrected chi connectivity index (χ0v) is 28.4. The number of rotatable bonds is 8. The third-order valence-corrected chi connectivity index (χ3v) is 9.90. The highest BCUT2D eigenvalue weighted by atomic mass is 15.4. The second kappa shape index (κ2) is 13.7. The average Bonchev–Trinajstić information content (AvgIpc) is 3.19. The first-order chi connectivity index (χ1) is 25.2. The Morgan fingerprint density at radius 3 is 1.80 bits per heavy atom. The first-order valence-electron chi connectivity index (χ1n) is 17.9. The van der Waals surface area contributed by atoms with E-state index in [9.17, 15) is 0 Å². The molecule has 11 heteroatoms. The monoisotopic (exact) mass is 673 g/mol. The molecule has 4 aromatic rings. The maximum atomic E-state index is 5.06. The lowest BCUT2D eigenvalue weighted by Gasteiger charge is -2.33. The number of anilines is 6. The number of allylic oxidation sites excluding steroid dienone is 2. The Kier molecular flexibility index (Phi) is 8.28. The van der Waals surface area contributed by atoms with Crippen LogP contribution < -0.4 is 20.4 Å². The summed E-state index contributed by atoms with van der Waals surface area (Å²) in [5.74, 6) is 1.07. The van der Waals surface area contributed by atoms with Gasteiger partial charge in [0.15, 0.2) is 0 Å². The van der Waals surface area contributed by atoms with E-state index >= 15 is 0 Å². The van der Waals surface area contributed by atoms with Crippen molar-refractivity contribution in [3.63, 3.8) is 0 Å². The van der Waals surface area contributed by atoms with Crippen LogP contribution in [-0.2, 0) is 0 Å². The molecule has 0 unspecified atom stereocenters. The molecule has 9 rings (SSSR count). The van der Waals surface area contributed by atoms with Crippen molar-refractivity contribution in [2.75, 3.05) is 46.6 Å². The average molecular weight is 674 g/mol. The number of hydrogen-bond acceptors (Lipinski definition) is 11. The van der Waals surface area contributed by atoms with E-state index in [1.807, 2.05) is 41.6 Å². The summed E-state index contributed by atoms with van der Waals surface area (Å²) in [6, 6.07) is 21.2. The lowest BCUT2D eigenvalue weighted by Crippen LogP contribution is -2.40. The van der Waals surface area contributed by atoms with Crippen LogP contribution in [0.2, 0.25) is 0 Å². The summed E-state index contributed by atoms with van der Waals surface area (Å²) in [6.45, 7) is 4.25. The molecule has 0 radical (unpaired) electrons. The first kappa shape index (κ1) is 30.9. The van der Waals surface area contributed by atoms with E-state index in [1.54, 1.807) is 18.7 Å². The Balaban J connectivity index is 1.12. The van der Waals surface area contributed by atoms with Gasteiger partial charge in [-0.25, -0.2) is 24.9 Å². The van der Waals surface area contributed by atoms with Gasteiger partial charge in [-0.05, 0) is 111 Å². The Morgan fingerprint density at radius 2 is 1.20 bits per heavy atom. The van der Waals surface area contributed by atoms with Gasteiger partial charge in [-0.15, -0.1) is 0 Å². The molecular weight excluding hydrogens is 635 g/mol. The van der Waals surface area contributed by atoms with Crippen LogP contribution in [0.5, 0.6) is 0 Å². The second-order valence-corrected chi connectivity index (χ2v) is 13.3. The van der Waals surface area contributed by atoms with Crippen molar-refractivity contribution in [1.82, 2.24) is 14.9 Å². The molecule has 11 nitrogen and oxygen atoms in total. The van der Waals surface area contributed by atoms with Crippen molar-refractivity contribution in [3.05, 3.63) is 114 Å². The van der Waals surface area contributed by atoms with Crippen molar-refractivity contribution in [2.24, 2.45) is 20.0 Å². The van der Waals surface area contributed by atoms with Gasteiger partial charge in [0.2, 0.25) is 11.9 Å². The lowest BCUT2D eigenvalue weighted by atomic mass is 10.0. The second-order valence-electron chi connectivity index (χ2n) is 13.3. The number of piperidine rings is 2. The number of nitrogens with zero attached hydrogens (tertiary/aromatic N) is 9. The summed E-state index contributed by atoms with van der Waals surface area (Å²) in [7, 11) is 0. The van der Waals surface area contributed by atoms with Crippen LogP contribution in [0.15, 0.2) is 123 Å². The van der Waals surface area contributed by atoms with E-state index in [1.165, 1.54) is 49.9 Å². The molecule has 2 aromatic carbocycles. The van der Waals surface area contributed by atoms with E-state index in [-0.39, 0.29) is 0 Å². The van der Waals surface area contributed by atoms with Gasteiger partial charge < -0.3 is 20.4 Å². The highest BCUT2D eigenvalue weighted by Crippen LogP contribution is 2.38. The third-order valence-electron chi connectivity index (χ3n) is 9.90. The van der Waals surface area contributed by atoms with Crippen LogP contribution >= 0.6 is 0 Å². The van der Waals surface area contributed by atoms with Crippen molar-refractivity contribution in [2.45, 2.75) is 38.5 Å². The van der Waals surface area contributed by atoms with Crippen molar-refractivity contribution >= 4 is 63.8 Å². The summed E-state index contributed by atoms with van der Waals surface area (Å²) in [5.41, 5.74) is 10.6. The molecule has 0 amide bonds. The molecule has 0 bridgehead atoms. The molecule has 0 atom stereocenters. The Hall–Kier alpha value is -6.10. The molecule has 5 aliphatic heterocycles. The quantitative estimate of drug-likeness (QED) is 0.197. The molecule has 7 heterocycles. The van der Waals surface area contributed by atoms with Crippen molar-refractivity contribution in [1.29, 1.82) is 0 Å². The number of nitrogens with one attached hydrogen (secondary N) is 2. The standard InChI is InChI=1S/C40H39N11/c1-3-17-49(18-4-1)30-11-13-33(35(21-30)45-28-9-7-15-41-25-28)37-23-32-24-38(48-40-44-27-43-39(47-37)51(32)40)34-14-12-31(50-19-5-2-6-20-50)22-36(34)46-29-10-8-16-42-26-29/h7-16,21-27,45-46H,1-6,17-20H2. The minimum atomic E-state index is 0.535. The Bertz CT molecular complexity index is 2010. The highest BCUT2D eigenvalue weighted by Gasteiger charge is 2.32. The van der Waals surface area contributed by atoms with Crippen LogP contribution in [0.1, 0.15) is 49.7 Å². The van der Waals surface area contributed by atoms with Gasteiger partial charge in [0.05, 0.1) is 52.2 Å². The summed E-state index contributed by atoms with van der Waals surface area (Å²) in [6.07, 6.45) is 20.4. The molecule has 0 spiro atoms. The highest BCUT2D eigenvalue weighted by molar-refractivity contribution is 6.24. The summed E-state index contributed by atoms with van der Waals surface area (Å²) in [5, 5.41) is 7.28. The largest absolute Gasteiger partial charge is 0.371 e. The van der Waals surface area contributed by atoms with Crippen molar-refractivity contribution < 1.29 is 0 Å². The molecular formula is C40H39N11. The van der Waals surface area contributed by atoms with E-state index in [0.717, 1.165) is 77.2 Å². The SMILES string of the molecule is C1=NC2=NC(c3ccc(N4CCCCC4)cc3Nc3cccnc3)=CC3=CC(c4ccc(N5CCCCC5)cc4Nc4cccnc4)=NC(=N1)N32.